The van der Waals surface area contributed by atoms with E-state index in [9.17, 15) is 10.1 Å². The largest absolute Gasteiger partial charge is 0.320 e. The highest BCUT2D eigenvalue weighted by molar-refractivity contribution is 6.30. The van der Waals surface area contributed by atoms with Crippen LogP contribution in [0.15, 0.2) is 24.3 Å². The highest BCUT2D eigenvalue weighted by Crippen LogP contribution is 2.26. The average molecular weight is 292 g/mol. The molecular weight excluding hydrogens is 274 g/mol. The summed E-state index contributed by atoms with van der Waals surface area (Å²) in [6.07, 6.45) is 5.66. The van der Waals surface area contributed by atoms with Crippen molar-refractivity contribution in [2.24, 2.45) is 0 Å². The highest BCUT2D eigenvalue weighted by Gasteiger charge is 2.32. The molecular formula is C15H18ClN3O. The lowest BCUT2D eigenvalue weighted by molar-refractivity contribution is 0.240. The molecule has 0 bridgehead atoms. The second kappa shape index (κ2) is 6.62. The van der Waals surface area contributed by atoms with Crippen molar-refractivity contribution in [1.82, 2.24) is 5.32 Å². The lowest BCUT2D eigenvalue weighted by atomic mass is 9.92. The van der Waals surface area contributed by atoms with Crippen LogP contribution in [0, 0.1) is 11.3 Å². The predicted octanol–water partition coefficient (Wildman–Crippen LogP) is 4.08. The van der Waals surface area contributed by atoms with E-state index in [0.29, 0.717) is 10.7 Å². The number of benzene rings is 1. The molecule has 4 nitrogen and oxygen atoms in total. The van der Waals surface area contributed by atoms with Crippen molar-refractivity contribution in [2.45, 2.75) is 44.1 Å². The number of carbonyl (C=O) groups is 1. The Morgan fingerprint density at radius 2 is 1.75 bits per heavy atom. The summed E-state index contributed by atoms with van der Waals surface area (Å²) in [5.41, 5.74) is -0.0684. The van der Waals surface area contributed by atoms with Gasteiger partial charge in [0.25, 0.3) is 0 Å². The number of nitriles is 1. The van der Waals surface area contributed by atoms with Crippen molar-refractivity contribution >= 4 is 23.3 Å². The summed E-state index contributed by atoms with van der Waals surface area (Å²) in [4.78, 5) is 12.0. The summed E-state index contributed by atoms with van der Waals surface area (Å²) in [5, 5.41) is 15.6. The molecule has 1 aromatic carbocycles. The molecule has 20 heavy (non-hydrogen) atoms. The molecule has 0 radical (unpaired) electrons. The first-order valence-electron chi connectivity index (χ1n) is 6.90. The number of amides is 2. The van der Waals surface area contributed by atoms with Crippen LogP contribution in [0.25, 0.3) is 0 Å². The Bertz CT molecular complexity index is 499. The number of hydrogen-bond acceptors (Lipinski definition) is 2. The second-order valence-electron chi connectivity index (χ2n) is 5.19. The Kier molecular flexibility index (Phi) is 4.86. The molecule has 0 aromatic heterocycles. The number of urea groups is 1. The van der Waals surface area contributed by atoms with E-state index in [-0.39, 0.29) is 6.03 Å². The van der Waals surface area contributed by atoms with Crippen LogP contribution in [-0.2, 0) is 0 Å². The van der Waals surface area contributed by atoms with Gasteiger partial charge in [-0.15, -0.1) is 0 Å². The first kappa shape index (κ1) is 14.7. The number of anilines is 1. The molecule has 1 saturated carbocycles. The minimum atomic E-state index is -0.729. The molecule has 2 N–H and O–H groups in total. The number of carbonyl (C=O) groups excluding carboxylic acids is 1. The molecule has 0 spiro atoms. The summed E-state index contributed by atoms with van der Waals surface area (Å²) in [5.74, 6) is 0. The fourth-order valence-corrected chi connectivity index (χ4v) is 2.64. The highest BCUT2D eigenvalue weighted by atomic mass is 35.5. The maximum absolute atomic E-state index is 12.0. The van der Waals surface area contributed by atoms with Crippen molar-refractivity contribution in [3.05, 3.63) is 29.3 Å². The zero-order valence-corrected chi connectivity index (χ0v) is 12.0. The molecule has 0 atom stereocenters. The van der Waals surface area contributed by atoms with Crippen LogP contribution in [0.5, 0.6) is 0 Å². The molecule has 2 amide bonds. The van der Waals surface area contributed by atoms with Gasteiger partial charge in [0, 0.05) is 10.7 Å². The van der Waals surface area contributed by atoms with E-state index >= 15 is 0 Å². The summed E-state index contributed by atoms with van der Waals surface area (Å²) in [7, 11) is 0. The number of halogens is 1. The van der Waals surface area contributed by atoms with E-state index < -0.39 is 5.54 Å². The van der Waals surface area contributed by atoms with Gasteiger partial charge in [-0.25, -0.2) is 4.79 Å². The Hall–Kier alpha value is -1.73. The zero-order chi connectivity index (χ0) is 14.4. The van der Waals surface area contributed by atoms with E-state index in [0.717, 1.165) is 38.5 Å². The van der Waals surface area contributed by atoms with Gasteiger partial charge in [0.1, 0.15) is 5.54 Å². The molecule has 0 aliphatic heterocycles. The van der Waals surface area contributed by atoms with Crippen molar-refractivity contribution in [3.8, 4) is 6.07 Å². The molecule has 2 rings (SSSR count). The van der Waals surface area contributed by atoms with Gasteiger partial charge in [-0.1, -0.05) is 37.3 Å². The van der Waals surface area contributed by atoms with Crippen LogP contribution in [0.2, 0.25) is 5.02 Å². The van der Waals surface area contributed by atoms with Gasteiger partial charge in [-0.05, 0) is 37.1 Å². The molecule has 1 aliphatic rings. The number of nitrogens with zero attached hydrogens (tertiary/aromatic N) is 1. The Labute approximate surface area is 124 Å². The Balaban J connectivity index is 1.98. The van der Waals surface area contributed by atoms with E-state index in [1.165, 1.54) is 0 Å². The fraction of sp³-hybridized carbons (Fsp3) is 0.467. The van der Waals surface area contributed by atoms with E-state index in [1.807, 2.05) is 0 Å². The molecule has 1 aromatic rings. The number of nitrogens with one attached hydrogen (secondary N) is 2. The third kappa shape index (κ3) is 3.88. The molecule has 1 fully saturated rings. The summed E-state index contributed by atoms with van der Waals surface area (Å²) >= 11 is 5.80. The van der Waals surface area contributed by atoms with Crippen molar-refractivity contribution < 1.29 is 4.79 Å². The smallest absolute Gasteiger partial charge is 0.319 e. The van der Waals surface area contributed by atoms with Crippen LogP contribution in [-0.4, -0.2) is 11.6 Å². The van der Waals surface area contributed by atoms with Gasteiger partial charge in [-0.3, -0.25) is 0 Å². The number of rotatable bonds is 2. The van der Waals surface area contributed by atoms with Crippen molar-refractivity contribution in [2.75, 3.05) is 5.32 Å². The van der Waals surface area contributed by atoms with Gasteiger partial charge >= 0.3 is 6.03 Å². The summed E-state index contributed by atoms with van der Waals surface area (Å²) in [6, 6.07) is 8.84. The molecule has 0 saturated heterocycles. The average Bonchev–Trinajstić information content (AvgIpc) is 2.67. The van der Waals surface area contributed by atoms with Crippen LogP contribution in [0.4, 0.5) is 10.5 Å². The predicted molar refractivity (Wildman–Crippen MR) is 79.7 cm³/mol. The lowest BCUT2D eigenvalue weighted by Gasteiger charge is -2.26. The Morgan fingerprint density at radius 1 is 1.15 bits per heavy atom. The summed E-state index contributed by atoms with van der Waals surface area (Å²) in [6.45, 7) is 0. The quantitative estimate of drug-likeness (QED) is 0.806. The van der Waals surface area contributed by atoms with Gasteiger partial charge in [0.05, 0.1) is 6.07 Å². The fourth-order valence-electron chi connectivity index (χ4n) is 2.51. The van der Waals surface area contributed by atoms with Crippen LogP contribution >= 0.6 is 11.6 Å². The van der Waals surface area contributed by atoms with Gasteiger partial charge < -0.3 is 10.6 Å². The standard InChI is InChI=1S/C15H18ClN3O/c16-12-5-7-13(8-6-12)18-14(20)19-15(11-17)9-3-1-2-4-10-15/h5-8H,1-4,9-10H2,(H2,18,19,20). The molecule has 5 heteroatoms. The third-order valence-corrected chi connectivity index (χ3v) is 3.88. The maximum Gasteiger partial charge on any atom is 0.320 e. The monoisotopic (exact) mass is 291 g/mol. The zero-order valence-electron chi connectivity index (χ0n) is 11.3. The number of hydrogen-bond donors (Lipinski definition) is 2. The molecule has 0 heterocycles. The third-order valence-electron chi connectivity index (χ3n) is 3.63. The SMILES string of the molecule is N#CC1(NC(=O)Nc2ccc(Cl)cc2)CCCCCC1. The minimum absolute atomic E-state index is 0.337. The molecule has 1 aliphatic carbocycles. The first-order valence-corrected chi connectivity index (χ1v) is 7.27. The molecule has 106 valence electrons. The Morgan fingerprint density at radius 3 is 2.30 bits per heavy atom. The lowest BCUT2D eigenvalue weighted by Crippen LogP contribution is -2.48. The topological polar surface area (TPSA) is 64.9 Å². The summed E-state index contributed by atoms with van der Waals surface area (Å²) < 4.78 is 0. The van der Waals surface area contributed by atoms with E-state index in [4.69, 9.17) is 11.6 Å². The van der Waals surface area contributed by atoms with E-state index in [1.54, 1.807) is 24.3 Å². The minimum Gasteiger partial charge on any atom is -0.319 e. The van der Waals surface area contributed by atoms with Crippen molar-refractivity contribution in [3.63, 3.8) is 0 Å². The van der Waals surface area contributed by atoms with Crippen molar-refractivity contribution in [1.29, 1.82) is 5.26 Å². The van der Waals surface area contributed by atoms with Gasteiger partial charge in [0.15, 0.2) is 0 Å². The second-order valence-corrected chi connectivity index (χ2v) is 5.63. The van der Waals surface area contributed by atoms with Crippen LogP contribution in [0.1, 0.15) is 38.5 Å². The molecule has 0 unspecified atom stereocenters. The normalized spacial score (nSPS) is 17.6. The van der Waals surface area contributed by atoms with Gasteiger partial charge in [0.2, 0.25) is 0 Å². The van der Waals surface area contributed by atoms with E-state index in [2.05, 4.69) is 16.7 Å². The van der Waals surface area contributed by atoms with Crippen LogP contribution < -0.4 is 10.6 Å². The first-order chi connectivity index (χ1) is 9.63. The van der Waals surface area contributed by atoms with Gasteiger partial charge in [-0.2, -0.15) is 5.26 Å². The maximum atomic E-state index is 12.0. The van der Waals surface area contributed by atoms with Crippen LogP contribution in [0.3, 0.4) is 0 Å².